The van der Waals surface area contributed by atoms with Crippen LogP contribution in [0.1, 0.15) is 18.1 Å². The summed E-state index contributed by atoms with van der Waals surface area (Å²) in [5.41, 5.74) is 0.925. The van der Waals surface area contributed by atoms with E-state index < -0.39 is 0 Å². The fourth-order valence-corrected chi connectivity index (χ4v) is 2.82. The van der Waals surface area contributed by atoms with Gasteiger partial charge in [0, 0.05) is 32.7 Å². The van der Waals surface area contributed by atoms with Gasteiger partial charge in [0.2, 0.25) is 5.91 Å². The van der Waals surface area contributed by atoms with Crippen LogP contribution in [0.4, 0.5) is 5.69 Å². The van der Waals surface area contributed by atoms with Gasteiger partial charge in [-0.3, -0.25) is 9.79 Å². The number of halogens is 1. The molecule has 0 spiro atoms. The molecule has 0 saturated carbocycles. The van der Waals surface area contributed by atoms with Crippen LogP contribution in [-0.4, -0.2) is 46.3 Å². The van der Waals surface area contributed by atoms with Gasteiger partial charge in [0.25, 0.3) is 0 Å². The number of amides is 1. The molecule has 1 amide bonds. The van der Waals surface area contributed by atoms with Crippen molar-refractivity contribution in [2.75, 3.05) is 18.5 Å². The second kappa shape index (κ2) is 8.97. The molecule has 140 valence electrons. The highest BCUT2D eigenvalue weighted by molar-refractivity contribution is 14.0. The highest BCUT2D eigenvalue weighted by Crippen LogP contribution is 2.20. The van der Waals surface area contributed by atoms with Crippen LogP contribution in [0.25, 0.3) is 0 Å². The SMILES string of the molecule is CN=C(NCc1nnc(C)n1C)NC1CC(=O)N(c2ccccc2)C1.I. The van der Waals surface area contributed by atoms with Gasteiger partial charge < -0.3 is 20.1 Å². The molecule has 1 aromatic carbocycles. The van der Waals surface area contributed by atoms with E-state index in [0.29, 0.717) is 25.5 Å². The number of aryl methyl sites for hydroxylation is 1. The van der Waals surface area contributed by atoms with E-state index in [0.717, 1.165) is 17.3 Å². The zero-order chi connectivity index (χ0) is 17.8. The van der Waals surface area contributed by atoms with E-state index >= 15 is 0 Å². The van der Waals surface area contributed by atoms with Crippen molar-refractivity contribution in [2.45, 2.75) is 25.9 Å². The Hall–Kier alpha value is -2.17. The standard InChI is InChI=1S/C17H23N7O.HI/c1-12-21-22-15(23(12)3)10-19-17(18-2)20-13-9-16(25)24(11-13)14-7-5-4-6-8-14;/h4-8,13H,9-11H2,1-3H3,(H2,18,19,20);1H. The lowest BCUT2D eigenvalue weighted by Gasteiger charge is -2.18. The van der Waals surface area contributed by atoms with Crippen LogP contribution in [0.15, 0.2) is 35.3 Å². The molecule has 2 heterocycles. The molecule has 1 aliphatic heterocycles. The minimum absolute atomic E-state index is 0. The Morgan fingerprint density at radius 3 is 2.65 bits per heavy atom. The van der Waals surface area contributed by atoms with Gasteiger partial charge in [-0.1, -0.05) is 18.2 Å². The number of hydrogen-bond donors (Lipinski definition) is 2. The third kappa shape index (κ3) is 4.51. The lowest BCUT2D eigenvalue weighted by atomic mass is 10.2. The van der Waals surface area contributed by atoms with E-state index in [4.69, 9.17) is 0 Å². The first-order chi connectivity index (χ1) is 12.1. The first kappa shape index (κ1) is 20.1. The van der Waals surface area contributed by atoms with Crippen molar-refractivity contribution in [1.82, 2.24) is 25.4 Å². The zero-order valence-corrected chi connectivity index (χ0v) is 17.5. The summed E-state index contributed by atoms with van der Waals surface area (Å²) in [7, 11) is 3.64. The van der Waals surface area contributed by atoms with Gasteiger partial charge in [0.05, 0.1) is 12.6 Å². The predicted molar refractivity (Wildman–Crippen MR) is 112 cm³/mol. The number of hydrogen-bond acceptors (Lipinski definition) is 4. The van der Waals surface area contributed by atoms with E-state index in [-0.39, 0.29) is 35.9 Å². The summed E-state index contributed by atoms with van der Waals surface area (Å²) in [5, 5.41) is 14.7. The van der Waals surface area contributed by atoms with Crippen molar-refractivity contribution in [3.05, 3.63) is 42.0 Å². The summed E-state index contributed by atoms with van der Waals surface area (Å²) in [6.07, 6.45) is 0.443. The summed E-state index contributed by atoms with van der Waals surface area (Å²) in [5.74, 6) is 2.45. The van der Waals surface area contributed by atoms with E-state index in [1.165, 1.54) is 0 Å². The van der Waals surface area contributed by atoms with Crippen LogP contribution in [0.2, 0.25) is 0 Å². The molecule has 2 aromatic rings. The summed E-state index contributed by atoms with van der Waals surface area (Å²) >= 11 is 0. The Labute approximate surface area is 170 Å². The molecule has 1 aliphatic rings. The normalized spacial score (nSPS) is 17.2. The molecule has 1 unspecified atom stereocenters. The molecule has 26 heavy (non-hydrogen) atoms. The van der Waals surface area contributed by atoms with Gasteiger partial charge in [-0.15, -0.1) is 34.2 Å². The largest absolute Gasteiger partial charge is 0.351 e. The molecule has 1 atom stereocenters. The second-order valence-electron chi connectivity index (χ2n) is 6.03. The average Bonchev–Trinajstić information content (AvgIpc) is 3.15. The number of aromatic nitrogens is 3. The molecule has 0 aliphatic carbocycles. The fourth-order valence-electron chi connectivity index (χ4n) is 2.82. The molecule has 8 nitrogen and oxygen atoms in total. The molecule has 1 saturated heterocycles. The third-order valence-corrected chi connectivity index (χ3v) is 4.35. The number of aliphatic imine (C=N–C) groups is 1. The summed E-state index contributed by atoms with van der Waals surface area (Å²) < 4.78 is 1.93. The minimum Gasteiger partial charge on any atom is -0.351 e. The number of guanidine groups is 1. The number of nitrogens with zero attached hydrogens (tertiary/aromatic N) is 5. The van der Waals surface area contributed by atoms with Gasteiger partial charge in [-0.2, -0.15) is 0 Å². The number of para-hydroxylation sites is 1. The number of carbonyl (C=O) groups excluding carboxylic acids is 1. The van der Waals surface area contributed by atoms with E-state index in [1.807, 2.05) is 48.9 Å². The van der Waals surface area contributed by atoms with Crippen molar-refractivity contribution in [2.24, 2.45) is 12.0 Å². The topological polar surface area (TPSA) is 87.4 Å². The summed E-state index contributed by atoms with van der Waals surface area (Å²) in [6, 6.07) is 9.73. The summed E-state index contributed by atoms with van der Waals surface area (Å²) in [4.78, 5) is 18.3. The predicted octanol–water partition coefficient (Wildman–Crippen LogP) is 1.21. The Balaban J connectivity index is 0.00000243. The van der Waals surface area contributed by atoms with Crippen molar-refractivity contribution in [3.63, 3.8) is 0 Å². The number of benzene rings is 1. The van der Waals surface area contributed by atoms with Gasteiger partial charge in [-0.05, 0) is 19.1 Å². The minimum atomic E-state index is 0. The van der Waals surface area contributed by atoms with E-state index in [2.05, 4.69) is 25.8 Å². The van der Waals surface area contributed by atoms with Crippen LogP contribution in [0.3, 0.4) is 0 Å². The first-order valence-electron chi connectivity index (χ1n) is 8.26. The molecule has 0 bridgehead atoms. The Morgan fingerprint density at radius 1 is 1.31 bits per heavy atom. The van der Waals surface area contributed by atoms with Crippen molar-refractivity contribution in [1.29, 1.82) is 0 Å². The smallest absolute Gasteiger partial charge is 0.229 e. The van der Waals surface area contributed by atoms with Crippen molar-refractivity contribution >= 4 is 41.5 Å². The Morgan fingerprint density at radius 2 is 2.04 bits per heavy atom. The van der Waals surface area contributed by atoms with Crippen molar-refractivity contribution < 1.29 is 4.79 Å². The zero-order valence-electron chi connectivity index (χ0n) is 15.1. The molecular formula is C17H24IN7O. The number of nitrogens with one attached hydrogen (secondary N) is 2. The van der Waals surface area contributed by atoms with Gasteiger partial charge in [-0.25, -0.2) is 0 Å². The van der Waals surface area contributed by atoms with Crippen LogP contribution in [0.5, 0.6) is 0 Å². The van der Waals surface area contributed by atoms with Crippen LogP contribution < -0.4 is 15.5 Å². The maximum absolute atomic E-state index is 12.3. The maximum atomic E-state index is 12.3. The molecular weight excluding hydrogens is 445 g/mol. The van der Waals surface area contributed by atoms with Gasteiger partial charge >= 0.3 is 0 Å². The average molecular weight is 469 g/mol. The van der Waals surface area contributed by atoms with Gasteiger partial charge in [0.1, 0.15) is 5.82 Å². The number of carbonyl (C=O) groups is 1. The quantitative estimate of drug-likeness (QED) is 0.400. The molecule has 9 heteroatoms. The molecule has 3 rings (SSSR count). The second-order valence-corrected chi connectivity index (χ2v) is 6.03. The van der Waals surface area contributed by atoms with Crippen LogP contribution >= 0.6 is 24.0 Å². The lowest BCUT2D eigenvalue weighted by Crippen LogP contribution is -2.44. The Kier molecular flexibility index (Phi) is 6.95. The monoisotopic (exact) mass is 469 g/mol. The van der Waals surface area contributed by atoms with Crippen LogP contribution in [0, 0.1) is 6.92 Å². The van der Waals surface area contributed by atoms with E-state index in [1.54, 1.807) is 11.9 Å². The Bertz CT molecular complexity index is 775. The highest BCUT2D eigenvalue weighted by atomic mass is 127. The summed E-state index contributed by atoms with van der Waals surface area (Å²) in [6.45, 7) is 3.04. The van der Waals surface area contributed by atoms with Gasteiger partial charge in [0.15, 0.2) is 11.8 Å². The molecule has 0 radical (unpaired) electrons. The molecule has 1 aromatic heterocycles. The first-order valence-corrected chi connectivity index (χ1v) is 8.26. The van der Waals surface area contributed by atoms with E-state index in [9.17, 15) is 4.79 Å². The molecule has 2 N–H and O–H groups in total. The number of rotatable bonds is 4. The maximum Gasteiger partial charge on any atom is 0.229 e. The van der Waals surface area contributed by atoms with Crippen LogP contribution in [-0.2, 0) is 18.4 Å². The lowest BCUT2D eigenvalue weighted by molar-refractivity contribution is -0.117. The fraction of sp³-hybridized carbons (Fsp3) is 0.412. The highest BCUT2D eigenvalue weighted by Gasteiger charge is 2.31. The third-order valence-electron chi connectivity index (χ3n) is 4.35. The number of anilines is 1. The van der Waals surface area contributed by atoms with Crippen molar-refractivity contribution in [3.8, 4) is 0 Å². The molecule has 1 fully saturated rings.